The molecule has 1 aromatic carbocycles. The van der Waals surface area contributed by atoms with Gasteiger partial charge in [0.15, 0.2) is 11.5 Å². The molecule has 154 valence electrons. The van der Waals surface area contributed by atoms with Gasteiger partial charge in [0.2, 0.25) is 17.6 Å². The molecular formula is C20H29N3O5. The van der Waals surface area contributed by atoms with Gasteiger partial charge in [0, 0.05) is 37.2 Å². The van der Waals surface area contributed by atoms with Crippen LogP contribution in [0.2, 0.25) is 0 Å². The summed E-state index contributed by atoms with van der Waals surface area (Å²) in [5, 5.41) is 6.49. The Morgan fingerprint density at radius 1 is 1.18 bits per heavy atom. The van der Waals surface area contributed by atoms with Gasteiger partial charge in [-0.15, -0.1) is 0 Å². The monoisotopic (exact) mass is 391 g/mol. The van der Waals surface area contributed by atoms with Crippen LogP contribution in [0.15, 0.2) is 12.1 Å². The molecule has 2 saturated heterocycles. The largest absolute Gasteiger partial charge is 0.493 e. The number of ether oxygens (including phenoxy) is 3. The van der Waals surface area contributed by atoms with Crippen LogP contribution < -0.4 is 29.7 Å². The smallest absolute Gasteiger partial charge is 0.227 e. The highest BCUT2D eigenvalue weighted by atomic mass is 16.5. The first-order valence-corrected chi connectivity index (χ1v) is 9.61. The van der Waals surface area contributed by atoms with Gasteiger partial charge in [-0.2, -0.15) is 0 Å². The number of amides is 2. The molecule has 1 aromatic rings. The molecule has 2 aliphatic heterocycles. The summed E-state index contributed by atoms with van der Waals surface area (Å²) >= 11 is 0. The van der Waals surface area contributed by atoms with Crippen LogP contribution in [0.5, 0.6) is 17.2 Å². The number of benzene rings is 1. The average Bonchev–Trinajstić information content (AvgIpc) is 3.08. The predicted octanol–water partition coefficient (Wildman–Crippen LogP) is 1.32. The first kappa shape index (κ1) is 20.3. The summed E-state index contributed by atoms with van der Waals surface area (Å²) in [6.07, 6.45) is 2.01. The lowest BCUT2D eigenvalue weighted by atomic mass is 9.99. The zero-order chi connectivity index (χ0) is 20.3. The summed E-state index contributed by atoms with van der Waals surface area (Å²) in [5.74, 6) is 0.907. The van der Waals surface area contributed by atoms with Crippen LogP contribution in [-0.2, 0) is 9.59 Å². The Balaban J connectivity index is 1.73. The van der Waals surface area contributed by atoms with Crippen LogP contribution in [0.25, 0.3) is 0 Å². The molecule has 2 fully saturated rings. The Morgan fingerprint density at radius 2 is 1.86 bits per heavy atom. The first-order valence-electron chi connectivity index (χ1n) is 9.61. The summed E-state index contributed by atoms with van der Waals surface area (Å²) in [7, 11) is 4.59. The number of piperidine rings is 1. The summed E-state index contributed by atoms with van der Waals surface area (Å²) in [6.45, 7) is 3.35. The topological polar surface area (TPSA) is 89.1 Å². The van der Waals surface area contributed by atoms with Crippen molar-refractivity contribution in [2.75, 3.05) is 39.3 Å². The molecule has 0 saturated carbocycles. The van der Waals surface area contributed by atoms with E-state index in [1.54, 1.807) is 17.0 Å². The van der Waals surface area contributed by atoms with E-state index in [4.69, 9.17) is 14.2 Å². The summed E-state index contributed by atoms with van der Waals surface area (Å²) in [6, 6.07) is 4.01. The van der Waals surface area contributed by atoms with Gasteiger partial charge in [0.1, 0.15) is 0 Å². The maximum atomic E-state index is 12.7. The third kappa shape index (κ3) is 4.16. The van der Waals surface area contributed by atoms with Crippen molar-refractivity contribution in [3.8, 4) is 17.2 Å². The molecule has 0 spiro atoms. The Bertz CT molecular complexity index is 714. The van der Waals surface area contributed by atoms with E-state index in [1.165, 1.54) is 21.3 Å². The molecule has 3 rings (SSSR count). The lowest BCUT2D eigenvalue weighted by molar-refractivity contribution is -0.127. The first-order chi connectivity index (χ1) is 13.5. The second kappa shape index (κ2) is 8.68. The van der Waals surface area contributed by atoms with E-state index in [2.05, 4.69) is 17.6 Å². The molecule has 0 aromatic heterocycles. The molecule has 2 aliphatic rings. The molecule has 28 heavy (non-hydrogen) atoms. The highest BCUT2D eigenvalue weighted by Gasteiger charge is 2.37. The van der Waals surface area contributed by atoms with Crippen molar-refractivity contribution in [2.24, 2.45) is 5.92 Å². The Labute approximate surface area is 165 Å². The van der Waals surface area contributed by atoms with E-state index in [-0.39, 0.29) is 30.2 Å². The van der Waals surface area contributed by atoms with E-state index in [1.807, 2.05) is 0 Å². The highest BCUT2D eigenvalue weighted by molar-refractivity contribution is 6.00. The molecule has 3 atom stereocenters. The van der Waals surface area contributed by atoms with Crippen LogP contribution in [0.1, 0.15) is 26.2 Å². The average molecular weight is 391 g/mol. The van der Waals surface area contributed by atoms with Gasteiger partial charge in [0.05, 0.1) is 32.9 Å². The van der Waals surface area contributed by atoms with Crippen LogP contribution in [0.4, 0.5) is 5.69 Å². The maximum Gasteiger partial charge on any atom is 0.227 e. The number of carbonyl (C=O) groups excluding carboxylic acids is 2. The second-order valence-electron chi connectivity index (χ2n) is 7.37. The quantitative estimate of drug-likeness (QED) is 0.760. The number of rotatable bonds is 6. The highest BCUT2D eigenvalue weighted by Crippen LogP contribution is 2.42. The van der Waals surface area contributed by atoms with Crippen molar-refractivity contribution in [3.05, 3.63) is 12.1 Å². The van der Waals surface area contributed by atoms with E-state index >= 15 is 0 Å². The fraction of sp³-hybridized carbons (Fsp3) is 0.600. The lowest BCUT2D eigenvalue weighted by Crippen LogP contribution is -2.48. The number of carbonyl (C=O) groups is 2. The van der Waals surface area contributed by atoms with Gasteiger partial charge in [-0.1, -0.05) is 0 Å². The fourth-order valence-electron chi connectivity index (χ4n) is 3.94. The Kier molecular flexibility index (Phi) is 6.28. The van der Waals surface area contributed by atoms with Crippen LogP contribution in [-0.4, -0.2) is 58.3 Å². The fourth-order valence-corrected chi connectivity index (χ4v) is 3.94. The number of hydrogen-bond acceptors (Lipinski definition) is 6. The number of hydrogen-bond donors (Lipinski definition) is 2. The third-order valence-corrected chi connectivity index (χ3v) is 5.43. The van der Waals surface area contributed by atoms with Gasteiger partial charge in [-0.25, -0.2) is 0 Å². The Hall–Kier alpha value is -2.48. The van der Waals surface area contributed by atoms with Gasteiger partial charge in [0.25, 0.3) is 0 Å². The molecular weight excluding hydrogens is 362 g/mol. The third-order valence-electron chi connectivity index (χ3n) is 5.43. The second-order valence-corrected chi connectivity index (χ2v) is 7.37. The maximum absolute atomic E-state index is 12.7. The standard InChI is InChI=1S/C20H29N3O5/c1-12-7-14(5-6-21-12)22-20(25)13-8-18(24)23(11-13)15-9-16(26-2)19(28-4)17(10-15)27-3/h9-10,12-14,21H,5-8,11H2,1-4H3,(H,22,25). The Morgan fingerprint density at radius 3 is 2.43 bits per heavy atom. The molecule has 0 radical (unpaired) electrons. The number of nitrogens with one attached hydrogen (secondary N) is 2. The molecule has 2 N–H and O–H groups in total. The van der Waals surface area contributed by atoms with Gasteiger partial charge in [-0.05, 0) is 26.3 Å². The van der Waals surface area contributed by atoms with Crippen molar-refractivity contribution in [1.82, 2.24) is 10.6 Å². The minimum absolute atomic E-state index is 0.0533. The summed E-state index contributed by atoms with van der Waals surface area (Å²) in [4.78, 5) is 26.9. The van der Waals surface area contributed by atoms with Crippen LogP contribution in [0, 0.1) is 5.92 Å². The van der Waals surface area contributed by atoms with Crippen molar-refractivity contribution in [1.29, 1.82) is 0 Å². The zero-order valence-corrected chi connectivity index (χ0v) is 16.9. The molecule has 3 unspecified atom stereocenters. The molecule has 2 amide bonds. The summed E-state index contributed by atoms with van der Waals surface area (Å²) in [5.41, 5.74) is 0.630. The minimum atomic E-state index is -0.364. The number of methoxy groups -OCH3 is 3. The van der Waals surface area contributed by atoms with Crippen LogP contribution >= 0.6 is 0 Å². The van der Waals surface area contributed by atoms with E-state index < -0.39 is 0 Å². The minimum Gasteiger partial charge on any atom is -0.493 e. The lowest BCUT2D eigenvalue weighted by Gasteiger charge is -2.29. The van der Waals surface area contributed by atoms with E-state index in [0.29, 0.717) is 35.5 Å². The van der Waals surface area contributed by atoms with Crippen molar-refractivity contribution >= 4 is 17.5 Å². The molecule has 0 aliphatic carbocycles. The number of nitrogens with zero attached hydrogens (tertiary/aromatic N) is 1. The molecule has 8 nitrogen and oxygen atoms in total. The van der Waals surface area contributed by atoms with E-state index in [0.717, 1.165) is 19.4 Å². The molecule has 0 bridgehead atoms. The number of anilines is 1. The van der Waals surface area contributed by atoms with Gasteiger partial charge >= 0.3 is 0 Å². The molecule has 8 heteroatoms. The zero-order valence-electron chi connectivity index (χ0n) is 16.9. The SMILES string of the molecule is COc1cc(N2CC(C(=O)NC3CCNC(C)C3)CC2=O)cc(OC)c1OC. The van der Waals surface area contributed by atoms with Crippen molar-refractivity contribution in [2.45, 2.75) is 38.3 Å². The van der Waals surface area contributed by atoms with E-state index in [9.17, 15) is 9.59 Å². The predicted molar refractivity (Wildman–Crippen MR) is 105 cm³/mol. The van der Waals surface area contributed by atoms with Gasteiger partial charge < -0.3 is 29.7 Å². The molecule has 2 heterocycles. The normalized spacial score (nSPS) is 24.8. The van der Waals surface area contributed by atoms with Crippen molar-refractivity contribution in [3.63, 3.8) is 0 Å². The van der Waals surface area contributed by atoms with Gasteiger partial charge in [-0.3, -0.25) is 9.59 Å². The summed E-state index contributed by atoms with van der Waals surface area (Å²) < 4.78 is 16.1. The van der Waals surface area contributed by atoms with Crippen molar-refractivity contribution < 1.29 is 23.8 Å². The van der Waals surface area contributed by atoms with Crippen LogP contribution in [0.3, 0.4) is 0 Å².